The number of benzene rings is 3. The third-order valence-corrected chi connectivity index (χ3v) is 6.39. The molecular formula is C24H25ClN2O4S. The van der Waals surface area contributed by atoms with Crippen LogP contribution in [0.25, 0.3) is 0 Å². The number of hydrogen-bond donors (Lipinski definition) is 1. The topological polar surface area (TPSA) is 75.7 Å². The predicted octanol–water partition coefficient (Wildman–Crippen LogP) is 5.18. The normalized spacial score (nSPS) is 11.2. The summed E-state index contributed by atoms with van der Waals surface area (Å²) < 4.78 is 31.7. The van der Waals surface area contributed by atoms with Gasteiger partial charge < -0.3 is 10.1 Å². The molecule has 0 unspecified atom stereocenters. The zero-order valence-electron chi connectivity index (χ0n) is 18.3. The van der Waals surface area contributed by atoms with Gasteiger partial charge in [0, 0.05) is 10.6 Å². The third kappa shape index (κ3) is 5.41. The monoisotopic (exact) mass is 472 g/mol. The number of hydrogen-bond acceptors (Lipinski definition) is 4. The Morgan fingerprint density at radius 1 is 1.03 bits per heavy atom. The van der Waals surface area contributed by atoms with Crippen LogP contribution >= 0.6 is 11.6 Å². The summed E-state index contributed by atoms with van der Waals surface area (Å²) in [6, 6.07) is 17.4. The highest BCUT2D eigenvalue weighted by atomic mass is 35.5. The first-order valence-corrected chi connectivity index (χ1v) is 12.1. The van der Waals surface area contributed by atoms with Gasteiger partial charge in [0.25, 0.3) is 5.91 Å². The average molecular weight is 473 g/mol. The molecule has 3 aromatic rings. The third-order valence-electron chi connectivity index (χ3n) is 5.04. The van der Waals surface area contributed by atoms with Gasteiger partial charge in [-0.3, -0.25) is 9.10 Å². The number of methoxy groups -OCH3 is 1. The Hall–Kier alpha value is -3.03. The fourth-order valence-corrected chi connectivity index (χ4v) is 4.64. The molecule has 3 rings (SSSR count). The lowest BCUT2D eigenvalue weighted by atomic mass is 10.1. The smallest absolute Gasteiger partial charge is 0.255 e. The molecule has 168 valence electrons. The molecule has 6 nitrogen and oxygen atoms in total. The summed E-state index contributed by atoms with van der Waals surface area (Å²) in [5.74, 6) is 0.170. The van der Waals surface area contributed by atoms with Gasteiger partial charge in [-0.25, -0.2) is 8.42 Å². The molecule has 0 atom stereocenters. The fourth-order valence-electron chi connectivity index (χ4n) is 3.46. The Kier molecular flexibility index (Phi) is 7.11. The van der Waals surface area contributed by atoms with Gasteiger partial charge in [0.1, 0.15) is 5.75 Å². The number of nitrogens with zero attached hydrogens (tertiary/aromatic N) is 1. The molecule has 0 aliphatic rings. The standard InChI is InChI=1S/C24H25ClN2O4S/c1-16-6-5-7-17(2)23(16)27(32(4,29)30)15-18-8-10-19(11-9-18)24(28)26-21-14-20(25)12-13-22(21)31-3/h5-14H,15H2,1-4H3,(H,26,28). The summed E-state index contributed by atoms with van der Waals surface area (Å²) in [4.78, 5) is 12.7. The van der Waals surface area contributed by atoms with Crippen molar-refractivity contribution in [2.45, 2.75) is 20.4 Å². The molecule has 0 aliphatic heterocycles. The first-order valence-electron chi connectivity index (χ1n) is 9.88. The molecule has 0 aromatic heterocycles. The van der Waals surface area contributed by atoms with Gasteiger partial charge in [0.05, 0.1) is 31.3 Å². The van der Waals surface area contributed by atoms with Crippen molar-refractivity contribution in [1.82, 2.24) is 0 Å². The van der Waals surface area contributed by atoms with Gasteiger partial charge in [-0.1, -0.05) is 41.9 Å². The van der Waals surface area contributed by atoms with Gasteiger partial charge in [-0.2, -0.15) is 0 Å². The zero-order valence-corrected chi connectivity index (χ0v) is 19.9. The van der Waals surface area contributed by atoms with Crippen LogP contribution in [0, 0.1) is 13.8 Å². The molecule has 0 radical (unpaired) electrons. The first kappa shape index (κ1) is 23.6. The Labute approximate surface area is 193 Å². The minimum absolute atomic E-state index is 0.161. The molecule has 0 saturated heterocycles. The number of carbonyl (C=O) groups is 1. The van der Waals surface area contributed by atoms with Gasteiger partial charge in [0.2, 0.25) is 10.0 Å². The number of para-hydroxylation sites is 1. The van der Waals surface area contributed by atoms with E-state index in [0.29, 0.717) is 27.7 Å². The molecule has 0 aliphatic carbocycles. The number of ether oxygens (including phenoxy) is 1. The molecule has 0 fully saturated rings. The van der Waals surface area contributed by atoms with Crippen molar-refractivity contribution in [3.63, 3.8) is 0 Å². The second-order valence-electron chi connectivity index (χ2n) is 7.51. The van der Waals surface area contributed by atoms with E-state index in [4.69, 9.17) is 16.3 Å². The molecule has 8 heteroatoms. The quantitative estimate of drug-likeness (QED) is 0.513. The van der Waals surface area contributed by atoms with Crippen LogP contribution in [0.1, 0.15) is 27.0 Å². The average Bonchev–Trinajstić information content (AvgIpc) is 2.73. The minimum atomic E-state index is -3.51. The summed E-state index contributed by atoms with van der Waals surface area (Å²) >= 11 is 6.02. The maximum absolute atomic E-state index is 12.7. The highest BCUT2D eigenvalue weighted by Gasteiger charge is 2.21. The van der Waals surface area contributed by atoms with Crippen molar-refractivity contribution in [3.8, 4) is 5.75 Å². The number of rotatable bonds is 7. The molecule has 32 heavy (non-hydrogen) atoms. The summed E-state index contributed by atoms with van der Waals surface area (Å²) in [6.07, 6.45) is 1.19. The number of anilines is 2. The van der Waals surface area contributed by atoms with Crippen LogP contribution in [0.2, 0.25) is 5.02 Å². The Morgan fingerprint density at radius 2 is 1.66 bits per heavy atom. The second kappa shape index (κ2) is 9.63. The highest BCUT2D eigenvalue weighted by Crippen LogP contribution is 2.29. The van der Waals surface area contributed by atoms with Gasteiger partial charge in [-0.15, -0.1) is 0 Å². The van der Waals surface area contributed by atoms with Crippen LogP contribution in [0.3, 0.4) is 0 Å². The van der Waals surface area contributed by atoms with E-state index >= 15 is 0 Å². The molecular weight excluding hydrogens is 448 g/mol. The molecule has 0 bridgehead atoms. The van der Waals surface area contributed by atoms with E-state index in [1.54, 1.807) is 42.5 Å². The Bertz CT molecular complexity index is 1220. The van der Waals surface area contributed by atoms with E-state index in [-0.39, 0.29) is 12.5 Å². The van der Waals surface area contributed by atoms with E-state index in [0.717, 1.165) is 16.7 Å². The summed E-state index contributed by atoms with van der Waals surface area (Å²) in [5, 5.41) is 3.26. The molecule has 0 heterocycles. The number of amides is 1. The van der Waals surface area contributed by atoms with Crippen molar-refractivity contribution in [3.05, 3.63) is 87.9 Å². The van der Waals surface area contributed by atoms with E-state index in [1.807, 2.05) is 32.0 Å². The zero-order chi connectivity index (χ0) is 23.5. The lowest BCUT2D eigenvalue weighted by Gasteiger charge is -2.26. The summed E-state index contributed by atoms with van der Waals surface area (Å²) in [6.45, 7) is 3.94. The summed E-state index contributed by atoms with van der Waals surface area (Å²) in [5.41, 5.74) is 4.07. The van der Waals surface area contributed by atoms with E-state index in [9.17, 15) is 13.2 Å². The number of carbonyl (C=O) groups excluding carboxylic acids is 1. The highest BCUT2D eigenvalue weighted by molar-refractivity contribution is 7.92. The van der Waals surface area contributed by atoms with Crippen LogP contribution in [-0.4, -0.2) is 27.7 Å². The lowest BCUT2D eigenvalue weighted by Crippen LogP contribution is -2.30. The number of nitrogens with one attached hydrogen (secondary N) is 1. The number of halogens is 1. The van der Waals surface area contributed by atoms with Crippen LogP contribution in [0.5, 0.6) is 5.75 Å². The SMILES string of the molecule is COc1ccc(Cl)cc1NC(=O)c1ccc(CN(c2c(C)cccc2C)S(C)(=O)=O)cc1. The van der Waals surface area contributed by atoms with Crippen molar-refractivity contribution >= 4 is 38.9 Å². The van der Waals surface area contributed by atoms with E-state index in [1.165, 1.54) is 17.7 Å². The van der Waals surface area contributed by atoms with E-state index < -0.39 is 10.0 Å². The number of sulfonamides is 1. The van der Waals surface area contributed by atoms with Gasteiger partial charge in [0.15, 0.2) is 0 Å². The van der Waals surface area contributed by atoms with Crippen molar-refractivity contribution in [2.24, 2.45) is 0 Å². The largest absolute Gasteiger partial charge is 0.495 e. The summed E-state index contributed by atoms with van der Waals surface area (Å²) in [7, 11) is -2.00. The Morgan fingerprint density at radius 3 is 2.22 bits per heavy atom. The lowest BCUT2D eigenvalue weighted by molar-refractivity contribution is 0.102. The van der Waals surface area contributed by atoms with Crippen LogP contribution in [-0.2, 0) is 16.6 Å². The Balaban J connectivity index is 1.83. The predicted molar refractivity (Wildman–Crippen MR) is 129 cm³/mol. The number of aryl methyl sites for hydroxylation is 2. The van der Waals surface area contributed by atoms with Crippen molar-refractivity contribution in [2.75, 3.05) is 23.0 Å². The molecule has 1 N–H and O–H groups in total. The molecule has 3 aromatic carbocycles. The van der Waals surface area contributed by atoms with Gasteiger partial charge >= 0.3 is 0 Å². The van der Waals surface area contributed by atoms with Crippen LogP contribution in [0.4, 0.5) is 11.4 Å². The van der Waals surface area contributed by atoms with Crippen LogP contribution in [0.15, 0.2) is 60.7 Å². The minimum Gasteiger partial charge on any atom is -0.495 e. The van der Waals surface area contributed by atoms with Crippen LogP contribution < -0.4 is 14.4 Å². The first-order chi connectivity index (χ1) is 15.1. The van der Waals surface area contributed by atoms with Crippen molar-refractivity contribution in [1.29, 1.82) is 0 Å². The molecule has 0 spiro atoms. The maximum atomic E-state index is 12.7. The maximum Gasteiger partial charge on any atom is 0.255 e. The second-order valence-corrected chi connectivity index (χ2v) is 9.85. The fraction of sp³-hybridized carbons (Fsp3) is 0.208. The van der Waals surface area contributed by atoms with Crippen molar-refractivity contribution < 1.29 is 17.9 Å². The molecule has 1 amide bonds. The molecule has 0 saturated carbocycles. The van der Waals surface area contributed by atoms with E-state index in [2.05, 4.69) is 5.32 Å². The van der Waals surface area contributed by atoms with Gasteiger partial charge in [-0.05, 0) is 60.9 Å².